The number of terminal acetylenes is 1. The van der Waals surface area contributed by atoms with E-state index in [-0.39, 0.29) is 30.1 Å². The van der Waals surface area contributed by atoms with Crippen LogP contribution in [-0.2, 0) is 4.79 Å². The van der Waals surface area contributed by atoms with Gasteiger partial charge in [-0.15, -0.1) is 6.42 Å². The van der Waals surface area contributed by atoms with E-state index in [0.717, 1.165) is 12.0 Å². The molecule has 1 amide bonds. The molecule has 1 aliphatic rings. The van der Waals surface area contributed by atoms with Crippen molar-refractivity contribution in [2.75, 3.05) is 6.54 Å². The third kappa shape index (κ3) is 2.22. The summed E-state index contributed by atoms with van der Waals surface area (Å²) in [5.74, 6) is 2.32. The number of amides is 1. The average molecular weight is 217 g/mol. The molecule has 1 N–H and O–H groups in total. The molecule has 16 heavy (non-hydrogen) atoms. The van der Waals surface area contributed by atoms with Crippen molar-refractivity contribution in [3.05, 3.63) is 35.6 Å². The largest absolute Gasteiger partial charge is 0.345 e. The van der Waals surface area contributed by atoms with Crippen LogP contribution in [0.25, 0.3) is 0 Å². The molecule has 0 aromatic heterocycles. The van der Waals surface area contributed by atoms with Crippen molar-refractivity contribution in [1.29, 1.82) is 0 Å². The molecule has 1 fully saturated rings. The third-order valence-corrected chi connectivity index (χ3v) is 2.79. The molecule has 0 spiro atoms. The minimum Gasteiger partial charge on any atom is -0.345 e. The Bertz CT molecular complexity index is 432. The maximum atomic E-state index is 12.7. The van der Waals surface area contributed by atoms with Gasteiger partial charge in [-0.1, -0.05) is 18.1 Å². The molecule has 82 valence electrons. The van der Waals surface area contributed by atoms with Crippen molar-refractivity contribution in [1.82, 2.24) is 5.32 Å². The molecular formula is C13H12FNO. The lowest BCUT2D eigenvalue weighted by atomic mass is 10.1. The Labute approximate surface area is 93.9 Å². The minimum atomic E-state index is -0.252. The van der Waals surface area contributed by atoms with E-state index in [1.165, 1.54) is 12.1 Å². The maximum Gasteiger partial charge on any atom is 0.224 e. The van der Waals surface area contributed by atoms with E-state index in [9.17, 15) is 9.18 Å². The Kier molecular flexibility index (Phi) is 2.91. The van der Waals surface area contributed by atoms with Crippen molar-refractivity contribution in [2.24, 2.45) is 5.92 Å². The molecule has 1 saturated carbocycles. The molecule has 2 nitrogen and oxygen atoms in total. The SMILES string of the molecule is C#CCNC(=O)[C@@H]1C[C@@H]1c1ccc(F)cc1. The van der Waals surface area contributed by atoms with Gasteiger partial charge in [-0.25, -0.2) is 4.39 Å². The highest BCUT2D eigenvalue weighted by molar-refractivity contribution is 5.83. The minimum absolute atomic E-state index is 0.00110. The van der Waals surface area contributed by atoms with Crippen LogP contribution in [0, 0.1) is 24.1 Å². The lowest BCUT2D eigenvalue weighted by Crippen LogP contribution is -2.25. The summed E-state index contributed by atoms with van der Waals surface area (Å²) in [6, 6.07) is 6.30. The van der Waals surface area contributed by atoms with E-state index >= 15 is 0 Å². The standard InChI is InChI=1S/C13H12FNO/c1-2-7-15-13(16)12-8-11(12)9-3-5-10(14)6-4-9/h1,3-6,11-12H,7-8H2,(H,15,16)/t11-,12-/m1/s1. The highest BCUT2D eigenvalue weighted by Crippen LogP contribution is 2.47. The average Bonchev–Trinajstić information content (AvgIpc) is 3.07. The summed E-state index contributed by atoms with van der Waals surface area (Å²) < 4.78 is 12.7. The molecule has 0 bridgehead atoms. The van der Waals surface area contributed by atoms with Crippen LogP contribution in [0.15, 0.2) is 24.3 Å². The summed E-state index contributed by atoms with van der Waals surface area (Å²) in [5.41, 5.74) is 1.02. The van der Waals surface area contributed by atoms with Gasteiger partial charge in [0.05, 0.1) is 6.54 Å². The summed E-state index contributed by atoms with van der Waals surface area (Å²) in [6.45, 7) is 0.269. The zero-order valence-corrected chi connectivity index (χ0v) is 8.74. The summed E-state index contributed by atoms with van der Waals surface area (Å²) in [5, 5.41) is 2.66. The van der Waals surface area contributed by atoms with E-state index in [4.69, 9.17) is 6.42 Å². The van der Waals surface area contributed by atoms with Crippen molar-refractivity contribution in [2.45, 2.75) is 12.3 Å². The van der Waals surface area contributed by atoms with Crippen molar-refractivity contribution < 1.29 is 9.18 Å². The molecule has 3 heteroatoms. The van der Waals surface area contributed by atoms with Gasteiger partial charge < -0.3 is 5.32 Å². The van der Waals surface area contributed by atoms with E-state index in [2.05, 4.69) is 11.2 Å². The topological polar surface area (TPSA) is 29.1 Å². The van der Waals surface area contributed by atoms with E-state index in [1.54, 1.807) is 12.1 Å². The third-order valence-electron chi connectivity index (χ3n) is 2.79. The van der Waals surface area contributed by atoms with Gasteiger partial charge >= 0.3 is 0 Å². The summed E-state index contributed by atoms with van der Waals surface area (Å²) in [6.07, 6.45) is 5.87. The lowest BCUT2D eigenvalue weighted by Gasteiger charge is -2.01. The Morgan fingerprint density at radius 3 is 2.81 bits per heavy atom. The van der Waals surface area contributed by atoms with Crippen LogP contribution in [0.1, 0.15) is 17.9 Å². The second-order valence-electron chi connectivity index (χ2n) is 3.92. The van der Waals surface area contributed by atoms with Crippen LogP contribution >= 0.6 is 0 Å². The van der Waals surface area contributed by atoms with Crippen LogP contribution in [0.5, 0.6) is 0 Å². The zero-order chi connectivity index (χ0) is 11.5. The molecule has 0 heterocycles. The summed E-state index contributed by atoms with van der Waals surface area (Å²) in [4.78, 5) is 11.5. The van der Waals surface area contributed by atoms with Gasteiger partial charge in [-0.3, -0.25) is 4.79 Å². The molecule has 2 atom stereocenters. The molecule has 1 aromatic rings. The number of nitrogens with one attached hydrogen (secondary N) is 1. The number of carbonyl (C=O) groups is 1. The Morgan fingerprint density at radius 1 is 1.50 bits per heavy atom. The Morgan fingerprint density at radius 2 is 2.19 bits per heavy atom. The number of halogens is 1. The lowest BCUT2D eigenvalue weighted by molar-refractivity contribution is -0.122. The second kappa shape index (κ2) is 4.36. The van der Waals surface area contributed by atoms with E-state index in [1.807, 2.05) is 0 Å². The predicted molar refractivity (Wildman–Crippen MR) is 59.1 cm³/mol. The first kappa shape index (κ1) is 10.7. The highest BCUT2D eigenvalue weighted by atomic mass is 19.1. The Balaban J connectivity index is 1.94. The molecular weight excluding hydrogens is 205 g/mol. The quantitative estimate of drug-likeness (QED) is 0.767. The van der Waals surface area contributed by atoms with Crippen LogP contribution < -0.4 is 5.32 Å². The number of carbonyl (C=O) groups excluding carboxylic acids is 1. The first-order valence-corrected chi connectivity index (χ1v) is 5.19. The summed E-state index contributed by atoms with van der Waals surface area (Å²) >= 11 is 0. The number of hydrogen-bond acceptors (Lipinski definition) is 1. The molecule has 0 aliphatic heterocycles. The molecule has 0 radical (unpaired) electrons. The second-order valence-corrected chi connectivity index (χ2v) is 3.92. The van der Waals surface area contributed by atoms with Crippen molar-refractivity contribution in [3.8, 4) is 12.3 Å². The van der Waals surface area contributed by atoms with Crippen molar-refractivity contribution in [3.63, 3.8) is 0 Å². The van der Waals surface area contributed by atoms with Gasteiger partial charge in [0.25, 0.3) is 0 Å². The van der Waals surface area contributed by atoms with E-state index in [0.29, 0.717) is 0 Å². The van der Waals surface area contributed by atoms with Gasteiger partial charge in [0, 0.05) is 5.92 Å². The monoisotopic (exact) mass is 217 g/mol. The number of rotatable bonds is 3. The fourth-order valence-electron chi connectivity index (χ4n) is 1.83. The highest BCUT2D eigenvalue weighted by Gasteiger charge is 2.43. The predicted octanol–water partition coefficient (Wildman–Crippen LogP) is 1.68. The van der Waals surface area contributed by atoms with Gasteiger partial charge in [0.15, 0.2) is 0 Å². The van der Waals surface area contributed by atoms with Crippen LogP contribution in [0.4, 0.5) is 4.39 Å². The Hall–Kier alpha value is -1.82. The number of benzene rings is 1. The molecule has 1 aromatic carbocycles. The van der Waals surface area contributed by atoms with Gasteiger partial charge in [-0.2, -0.15) is 0 Å². The number of hydrogen-bond donors (Lipinski definition) is 1. The first-order valence-electron chi connectivity index (χ1n) is 5.19. The maximum absolute atomic E-state index is 12.7. The molecule has 0 saturated heterocycles. The fraction of sp³-hybridized carbons (Fsp3) is 0.308. The van der Waals surface area contributed by atoms with Crippen LogP contribution in [-0.4, -0.2) is 12.5 Å². The van der Waals surface area contributed by atoms with Crippen LogP contribution in [0.3, 0.4) is 0 Å². The van der Waals surface area contributed by atoms with Crippen LogP contribution in [0.2, 0.25) is 0 Å². The molecule has 0 unspecified atom stereocenters. The smallest absolute Gasteiger partial charge is 0.224 e. The zero-order valence-electron chi connectivity index (χ0n) is 8.74. The normalized spacial score (nSPS) is 22.2. The molecule has 2 rings (SSSR count). The first-order chi connectivity index (χ1) is 7.72. The molecule has 1 aliphatic carbocycles. The van der Waals surface area contributed by atoms with Gasteiger partial charge in [0.2, 0.25) is 5.91 Å². The summed E-state index contributed by atoms with van der Waals surface area (Å²) in [7, 11) is 0. The van der Waals surface area contributed by atoms with Gasteiger partial charge in [-0.05, 0) is 30.0 Å². The van der Waals surface area contributed by atoms with Crippen molar-refractivity contribution >= 4 is 5.91 Å². The van der Waals surface area contributed by atoms with E-state index < -0.39 is 0 Å². The van der Waals surface area contributed by atoms with Gasteiger partial charge in [0.1, 0.15) is 5.82 Å². The fourth-order valence-corrected chi connectivity index (χ4v) is 1.83.